The Kier molecular flexibility index (Phi) is 6.49. The molecule has 1 aromatic rings. The molecule has 1 N–H and O–H groups in total. The van der Waals surface area contributed by atoms with Gasteiger partial charge in [-0.2, -0.15) is 0 Å². The van der Waals surface area contributed by atoms with Gasteiger partial charge in [-0.1, -0.05) is 12.1 Å². The molecule has 1 heterocycles. The number of ether oxygens (including phenoxy) is 1. The van der Waals surface area contributed by atoms with Crippen molar-refractivity contribution in [3.63, 3.8) is 0 Å². The minimum atomic E-state index is 0.585. The standard InChI is InChI=1S/C17H29N3O/c1-15-5-4-6-17(13-15)20-10-8-19(9-11-20)16(2)14-18-7-12-21-3/h4-6,13,16,18H,7-12,14H2,1-3H3. The molecule has 21 heavy (non-hydrogen) atoms. The Hall–Kier alpha value is -1.10. The zero-order chi connectivity index (χ0) is 15.1. The van der Waals surface area contributed by atoms with Crippen LogP contribution in [0.3, 0.4) is 0 Å². The van der Waals surface area contributed by atoms with E-state index >= 15 is 0 Å². The Morgan fingerprint density at radius 2 is 2.00 bits per heavy atom. The molecule has 0 bridgehead atoms. The average Bonchev–Trinajstić information content (AvgIpc) is 2.51. The molecule has 0 amide bonds. The molecule has 1 saturated heterocycles. The van der Waals surface area contributed by atoms with E-state index in [9.17, 15) is 0 Å². The molecular weight excluding hydrogens is 262 g/mol. The Balaban J connectivity index is 1.75. The van der Waals surface area contributed by atoms with Crippen LogP contribution in [-0.2, 0) is 4.74 Å². The number of methoxy groups -OCH3 is 1. The molecular formula is C17H29N3O. The van der Waals surface area contributed by atoms with Crippen LogP contribution in [0.1, 0.15) is 12.5 Å². The Morgan fingerprint density at radius 1 is 1.24 bits per heavy atom. The average molecular weight is 291 g/mol. The first-order chi connectivity index (χ1) is 10.2. The van der Waals surface area contributed by atoms with E-state index in [1.807, 2.05) is 0 Å². The molecule has 1 atom stereocenters. The molecule has 118 valence electrons. The molecule has 1 aliphatic rings. The van der Waals surface area contributed by atoms with Gasteiger partial charge in [-0.05, 0) is 31.5 Å². The van der Waals surface area contributed by atoms with Crippen molar-refractivity contribution >= 4 is 5.69 Å². The van der Waals surface area contributed by atoms with Crippen molar-refractivity contribution in [3.8, 4) is 0 Å². The van der Waals surface area contributed by atoms with Gasteiger partial charge in [0.15, 0.2) is 0 Å². The Bertz CT molecular complexity index is 416. The predicted octanol–water partition coefficient (Wildman–Crippen LogP) is 1.74. The van der Waals surface area contributed by atoms with Gasteiger partial charge in [0, 0.05) is 58.1 Å². The van der Waals surface area contributed by atoms with Crippen LogP contribution in [0, 0.1) is 6.92 Å². The van der Waals surface area contributed by atoms with E-state index in [1.165, 1.54) is 11.3 Å². The fraction of sp³-hybridized carbons (Fsp3) is 0.647. The van der Waals surface area contributed by atoms with Gasteiger partial charge in [0.1, 0.15) is 0 Å². The third-order valence-corrected chi connectivity index (χ3v) is 4.23. The van der Waals surface area contributed by atoms with Gasteiger partial charge >= 0.3 is 0 Å². The summed E-state index contributed by atoms with van der Waals surface area (Å²) in [5.41, 5.74) is 2.70. The number of hydrogen-bond donors (Lipinski definition) is 1. The van der Waals surface area contributed by atoms with Crippen molar-refractivity contribution in [3.05, 3.63) is 29.8 Å². The topological polar surface area (TPSA) is 27.7 Å². The van der Waals surface area contributed by atoms with Crippen LogP contribution in [-0.4, -0.2) is 63.9 Å². The van der Waals surface area contributed by atoms with Crippen LogP contribution >= 0.6 is 0 Å². The summed E-state index contributed by atoms with van der Waals surface area (Å²) in [5, 5.41) is 3.45. The molecule has 0 aliphatic carbocycles. The smallest absolute Gasteiger partial charge is 0.0587 e. The zero-order valence-electron chi connectivity index (χ0n) is 13.6. The molecule has 1 unspecified atom stereocenters. The van der Waals surface area contributed by atoms with E-state index in [0.29, 0.717) is 6.04 Å². The van der Waals surface area contributed by atoms with E-state index in [-0.39, 0.29) is 0 Å². The second-order valence-electron chi connectivity index (χ2n) is 5.91. The van der Waals surface area contributed by atoms with Crippen molar-refractivity contribution in [1.29, 1.82) is 0 Å². The Morgan fingerprint density at radius 3 is 2.67 bits per heavy atom. The Labute approximate surface area is 129 Å². The molecule has 0 saturated carbocycles. The maximum absolute atomic E-state index is 5.06. The number of hydrogen-bond acceptors (Lipinski definition) is 4. The summed E-state index contributed by atoms with van der Waals surface area (Å²) in [6, 6.07) is 9.40. The molecule has 1 aliphatic heterocycles. The highest BCUT2D eigenvalue weighted by molar-refractivity contribution is 5.48. The largest absolute Gasteiger partial charge is 0.383 e. The lowest BCUT2D eigenvalue weighted by Gasteiger charge is -2.39. The van der Waals surface area contributed by atoms with Crippen LogP contribution in [0.4, 0.5) is 5.69 Å². The molecule has 0 aromatic heterocycles. The van der Waals surface area contributed by atoms with E-state index in [2.05, 4.69) is 53.2 Å². The lowest BCUT2D eigenvalue weighted by atomic mass is 10.1. The fourth-order valence-electron chi connectivity index (χ4n) is 2.86. The SMILES string of the molecule is COCCNCC(C)N1CCN(c2cccc(C)c2)CC1. The van der Waals surface area contributed by atoms with Gasteiger partial charge in [-0.15, -0.1) is 0 Å². The lowest BCUT2D eigenvalue weighted by molar-refractivity contribution is 0.177. The number of aryl methyl sites for hydroxylation is 1. The molecule has 2 rings (SSSR count). The molecule has 4 nitrogen and oxygen atoms in total. The number of anilines is 1. The molecule has 1 fully saturated rings. The van der Waals surface area contributed by atoms with Gasteiger partial charge in [0.25, 0.3) is 0 Å². The number of piperazine rings is 1. The van der Waals surface area contributed by atoms with Crippen LogP contribution in [0.25, 0.3) is 0 Å². The maximum atomic E-state index is 5.06. The number of rotatable bonds is 7. The summed E-state index contributed by atoms with van der Waals surface area (Å²) in [6.07, 6.45) is 0. The highest BCUT2D eigenvalue weighted by atomic mass is 16.5. The van der Waals surface area contributed by atoms with Crippen molar-refractivity contribution < 1.29 is 4.74 Å². The second-order valence-corrected chi connectivity index (χ2v) is 5.91. The van der Waals surface area contributed by atoms with E-state index in [1.54, 1.807) is 7.11 Å². The van der Waals surface area contributed by atoms with E-state index in [0.717, 1.165) is 45.9 Å². The first kappa shape index (κ1) is 16.3. The van der Waals surface area contributed by atoms with Crippen molar-refractivity contribution in [2.75, 3.05) is 57.9 Å². The van der Waals surface area contributed by atoms with E-state index in [4.69, 9.17) is 4.74 Å². The highest BCUT2D eigenvalue weighted by Crippen LogP contribution is 2.18. The summed E-state index contributed by atoms with van der Waals surface area (Å²) in [6.45, 7) is 11.7. The summed E-state index contributed by atoms with van der Waals surface area (Å²) >= 11 is 0. The van der Waals surface area contributed by atoms with Crippen molar-refractivity contribution in [2.24, 2.45) is 0 Å². The minimum absolute atomic E-state index is 0.585. The first-order valence-corrected chi connectivity index (χ1v) is 7.96. The monoisotopic (exact) mass is 291 g/mol. The van der Waals surface area contributed by atoms with Gasteiger partial charge in [0.05, 0.1) is 6.61 Å². The summed E-state index contributed by atoms with van der Waals surface area (Å²) in [7, 11) is 1.75. The molecule has 0 radical (unpaired) electrons. The number of benzene rings is 1. The molecule has 0 spiro atoms. The van der Waals surface area contributed by atoms with Gasteiger partial charge in [-0.25, -0.2) is 0 Å². The summed E-state index contributed by atoms with van der Waals surface area (Å²) in [5.74, 6) is 0. The predicted molar refractivity (Wildman–Crippen MR) is 89.2 cm³/mol. The highest BCUT2D eigenvalue weighted by Gasteiger charge is 2.20. The van der Waals surface area contributed by atoms with Crippen LogP contribution in [0.5, 0.6) is 0 Å². The van der Waals surface area contributed by atoms with Crippen LogP contribution < -0.4 is 10.2 Å². The van der Waals surface area contributed by atoms with Gasteiger partial charge in [0.2, 0.25) is 0 Å². The van der Waals surface area contributed by atoms with Crippen LogP contribution in [0.2, 0.25) is 0 Å². The van der Waals surface area contributed by atoms with Gasteiger partial charge < -0.3 is 15.0 Å². The summed E-state index contributed by atoms with van der Waals surface area (Å²) in [4.78, 5) is 5.07. The minimum Gasteiger partial charge on any atom is -0.383 e. The maximum Gasteiger partial charge on any atom is 0.0587 e. The van der Waals surface area contributed by atoms with E-state index < -0.39 is 0 Å². The van der Waals surface area contributed by atoms with Crippen molar-refractivity contribution in [2.45, 2.75) is 19.9 Å². The van der Waals surface area contributed by atoms with Crippen LogP contribution in [0.15, 0.2) is 24.3 Å². The normalized spacial score (nSPS) is 18.0. The first-order valence-electron chi connectivity index (χ1n) is 7.96. The third-order valence-electron chi connectivity index (χ3n) is 4.23. The van der Waals surface area contributed by atoms with Gasteiger partial charge in [-0.3, -0.25) is 4.90 Å². The number of nitrogens with zero attached hydrogens (tertiary/aromatic N) is 2. The lowest BCUT2D eigenvalue weighted by Crippen LogP contribution is -2.52. The van der Waals surface area contributed by atoms with Crippen molar-refractivity contribution in [1.82, 2.24) is 10.2 Å². The zero-order valence-corrected chi connectivity index (χ0v) is 13.6. The second kappa shape index (κ2) is 8.37. The number of nitrogens with one attached hydrogen (secondary N) is 1. The quantitative estimate of drug-likeness (QED) is 0.775. The summed E-state index contributed by atoms with van der Waals surface area (Å²) < 4.78 is 5.06. The third kappa shape index (κ3) is 4.99. The molecule has 1 aromatic carbocycles. The molecule has 4 heteroatoms. The fourth-order valence-corrected chi connectivity index (χ4v) is 2.86.